The first-order valence-electron chi connectivity index (χ1n) is 8.90. The first-order chi connectivity index (χ1) is 13.7. The third-order valence-corrected chi connectivity index (χ3v) is 4.03. The van der Waals surface area contributed by atoms with Crippen LogP contribution in [0.4, 0.5) is 5.82 Å². The van der Waals surface area contributed by atoms with Gasteiger partial charge in [0.2, 0.25) is 0 Å². The summed E-state index contributed by atoms with van der Waals surface area (Å²) in [5.74, 6) is 1.60. The molecule has 28 heavy (non-hydrogen) atoms. The Kier molecular flexibility index (Phi) is 6.36. The molecule has 2 aromatic carbocycles. The molecule has 0 aliphatic carbocycles. The van der Waals surface area contributed by atoms with Crippen molar-refractivity contribution < 1.29 is 9.53 Å². The molecule has 0 spiro atoms. The topological polar surface area (TPSA) is 76.1 Å². The van der Waals surface area contributed by atoms with E-state index in [1.165, 1.54) is 0 Å². The minimum absolute atomic E-state index is 0.271. The summed E-state index contributed by atoms with van der Waals surface area (Å²) in [6.07, 6.45) is 1.63. The maximum atomic E-state index is 12.4. The number of nitrogens with one attached hydrogen (secondary N) is 2. The summed E-state index contributed by atoms with van der Waals surface area (Å²) in [6, 6.07) is 19.0. The molecule has 0 radical (unpaired) electrons. The molecule has 0 aliphatic rings. The van der Waals surface area contributed by atoms with Crippen LogP contribution in [0, 0.1) is 0 Å². The van der Waals surface area contributed by atoms with Gasteiger partial charge in [-0.3, -0.25) is 4.79 Å². The summed E-state index contributed by atoms with van der Waals surface area (Å²) < 4.78 is 5.18. The monoisotopic (exact) mass is 374 g/mol. The number of amides is 1. The van der Waals surface area contributed by atoms with E-state index in [0.29, 0.717) is 30.4 Å². The second-order valence-corrected chi connectivity index (χ2v) is 6.03. The van der Waals surface area contributed by atoms with Crippen LogP contribution in [0.25, 0.3) is 11.4 Å². The van der Waals surface area contributed by atoms with Crippen LogP contribution in [-0.2, 0) is 6.54 Å². The van der Waals surface area contributed by atoms with E-state index < -0.39 is 0 Å². The molecule has 142 valence electrons. The lowest BCUT2D eigenvalue weighted by Gasteiger charge is -2.11. The van der Waals surface area contributed by atoms with E-state index in [9.17, 15) is 4.79 Å². The van der Waals surface area contributed by atoms with Crippen LogP contribution in [0.5, 0.6) is 5.75 Å². The number of methoxy groups -OCH3 is 1. The zero-order valence-electron chi connectivity index (χ0n) is 15.7. The van der Waals surface area contributed by atoms with Gasteiger partial charge in [-0.2, -0.15) is 0 Å². The predicted octanol–water partition coefficient (Wildman–Crippen LogP) is 3.68. The van der Waals surface area contributed by atoms with Gasteiger partial charge in [0.25, 0.3) is 5.91 Å². The number of rotatable bonds is 8. The smallest absolute Gasteiger partial charge is 0.270 e. The maximum absolute atomic E-state index is 12.4. The molecular weight excluding hydrogens is 352 g/mol. The van der Waals surface area contributed by atoms with E-state index in [-0.39, 0.29) is 5.91 Å². The van der Waals surface area contributed by atoms with Crippen LogP contribution in [0.2, 0.25) is 0 Å². The lowest BCUT2D eigenvalue weighted by Crippen LogP contribution is -2.24. The minimum atomic E-state index is -0.271. The molecule has 0 aliphatic heterocycles. The Hall–Kier alpha value is -3.67. The van der Waals surface area contributed by atoms with Crippen LogP contribution in [0.1, 0.15) is 16.1 Å². The number of carbonyl (C=O) groups is 1. The Balaban J connectivity index is 1.85. The third kappa shape index (κ3) is 4.94. The molecule has 1 heterocycles. The lowest BCUT2D eigenvalue weighted by atomic mass is 10.2. The molecule has 1 aromatic heterocycles. The van der Waals surface area contributed by atoms with Crippen molar-refractivity contribution >= 4 is 11.7 Å². The van der Waals surface area contributed by atoms with Gasteiger partial charge in [-0.1, -0.05) is 48.5 Å². The van der Waals surface area contributed by atoms with Crippen molar-refractivity contribution in [3.05, 3.63) is 84.6 Å². The fraction of sp³-hybridized carbons (Fsp3) is 0.136. The molecule has 6 nitrogen and oxygen atoms in total. The average Bonchev–Trinajstić information content (AvgIpc) is 2.76. The molecule has 3 aromatic rings. The fourth-order valence-electron chi connectivity index (χ4n) is 2.56. The number of nitrogens with zero attached hydrogens (tertiary/aromatic N) is 2. The Bertz CT molecular complexity index is 941. The normalized spacial score (nSPS) is 10.2. The molecule has 1 amide bonds. The van der Waals surface area contributed by atoms with E-state index in [4.69, 9.17) is 4.74 Å². The summed E-state index contributed by atoms with van der Waals surface area (Å²) in [6.45, 7) is 4.55. The highest BCUT2D eigenvalue weighted by molar-refractivity contribution is 5.93. The number of aromatic nitrogens is 2. The molecular formula is C22H22N4O2. The van der Waals surface area contributed by atoms with Gasteiger partial charge in [0.15, 0.2) is 5.82 Å². The van der Waals surface area contributed by atoms with Gasteiger partial charge < -0.3 is 15.4 Å². The predicted molar refractivity (Wildman–Crippen MR) is 110 cm³/mol. The SMILES string of the molecule is C=CCNC(=O)c1cc(NCc2ccc(OC)cc2)nc(-c2ccccc2)n1. The van der Waals surface area contributed by atoms with Crippen LogP contribution >= 0.6 is 0 Å². The first kappa shape index (κ1) is 19.1. The maximum Gasteiger partial charge on any atom is 0.270 e. The molecule has 0 atom stereocenters. The Morgan fingerprint density at radius 3 is 2.54 bits per heavy atom. The second kappa shape index (κ2) is 9.32. The molecule has 0 bridgehead atoms. The summed E-state index contributed by atoms with van der Waals surface area (Å²) in [4.78, 5) is 21.4. The zero-order chi connectivity index (χ0) is 19.8. The Morgan fingerprint density at radius 1 is 1.11 bits per heavy atom. The Labute approximate surface area is 164 Å². The fourth-order valence-corrected chi connectivity index (χ4v) is 2.56. The van der Waals surface area contributed by atoms with Crippen LogP contribution < -0.4 is 15.4 Å². The highest BCUT2D eigenvalue weighted by Crippen LogP contribution is 2.19. The van der Waals surface area contributed by atoms with Crippen LogP contribution in [0.3, 0.4) is 0 Å². The van der Waals surface area contributed by atoms with E-state index in [0.717, 1.165) is 16.9 Å². The summed E-state index contributed by atoms with van der Waals surface area (Å²) >= 11 is 0. The third-order valence-electron chi connectivity index (χ3n) is 4.03. The number of hydrogen-bond donors (Lipinski definition) is 2. The number of hydrogen-bond acceptors (Lipinski definition) is 5. The van der Waals surface area contributed by atoms with Gasteiger partial charge in [0, 0.05) is 24.7 Å². The molecule has 3 rings (SSSR count). The largest absolute Gasteiger partial charge is 0.497 e. The van der Waals surface area contributed by atoms with Crippen molar-refractivity contribution in [2.24, 2.45) is 0 Å². The summed E-state index contributed by atoms with van der Waals surface area (Å²) in [7, 11) is 1.64. The van der Waals surface area contributed by atoms with E-state index >= 15 is 0 Å². The van der Waals surface area contributed by atoms with Gasteiger partial charge in [0.1, 0.15) is 17.3 Å². The van der Waals surface area contributed by atoms with E-state index in [1.54, 1.807) is 19.3 Å². The van der Waals surface area contributed by atoms with Crippen molar-refractivity contribution in [1.82, 2.24) is 15.3 Å². The molecule has 0 unspecified atom stereocenters. The van der Waals surface area contributed by atoms with Crippen molar-refractivity contribution in [3.8, 4) is 17.1 Å². The van der Waals surface area contributed by atoms with Gasteiger partial charge >= 0.3 is 0 Å². The number of benzene rings is 2. The van der Waals surface area contributed by atoms with Gasteiger partial charge in [0.05, 0.1) is 7.11 Å². The van der Waals surface area contributed by atoms with Crippen molar-refractivity contribution in [2.45, 2.75) is 6.54 Å². The lowest BCUT2D eigenvalue weighted by molar-refractivity contribution is 0.0953. The van der Waals surface area contributed by atoms with Crippen molar-refractivity contribution in [2.75, 3.05) is 19.0 Å². The molecule has 0 fully saturated rings. The highest BCUT2D eigenvalue weighted by atomic mass is 16.5. The number of carbonyl (C=O) groups excluding carboxylic acids is 1. The minimum Gasteiger partial charge on any atom is -0.497 e. The molecule has 6 heteroatoms. The average molecular weight is 374 g/mol. The van der Waals surface area contributed by atoms with Gasteiger partial charge in [-0.15, -0.1) is 6.58 Å². The standard InChI is InChI=1S/C22H22N4O2/c1-3-13-23-22(27)19-14-20(24-15-16-9-11-18(28-2)12-10-16)26-21(25-19)17-7-5-4-6-8-17/h3-12,14H,1,13,15H2,2H3,(H,23,27)(H,24,25,26). The van der Waals surface area contributed by atoms with Gasteiger partial charge in [-0.25, -0.2) is 9.97 Å². The zero-order valence-corrected chi connectivity index (χ0v) is 15.7. The summed E-state index contributed by atoms with van der Waals surface area (Å²) in [5, 5.41) is 6.02. The molecule has 2 N–H and O–H groups in total. The second-order valence-electron chi connectivity index (χ2n) is 6.03. The summed E-state index contributed by atoms with van der Waals surface area (Å²) in [5.41, 5.74) is 2.21. The quantitative estimate of drug-likeness (QED) is 0.588. The van der Waals surface area contributed by atoms with Gasteiger partial charge in [-0.05, 0) is 17.7 Å². The van der Waals surface area contributed by atoms with Crippen LogP contribution in [-0.4, -0.2) is 29.5 Å². The molecule has 0 saturated carbocycles. The Morgan fingerprint density at radius 2 is 1.86 bits per heavy atom. The first-order valence-corrected chi connectivity index (χ1v) is 8.90. The van der Waals surface area contributed by atoms with E-state index in [1.807, 2.05) is 54.6 Å². The van der Waals surface area contributed by atoms with Crippen LogP contribution in [0.15, 0.2) is 73.3 Å². The number of anilines is 1. The number of ether oxygens (including phenoxy) is 1. The van der Waals surface area contributed by atoms with Crippen molar-refractivity contribution in [3.63, 3.8) is 0 Å². The van der Waals surface area contributed by atoms with E-state index in [2.05, 4.69) is 27.2 Å². The van der Waals surface area contributed by atoms with Crippen molar-refractivity contribution in [1.29, 1.82) is 0 Å². The molecule has 0 saturated heterocycles. The highest BCUT2D eigenvalue weighted by Gasteiger charge is 2.12.